The predicted molar refractivity (Wildman–Crippen MR) is 74.7 cm³/mol. The number of hydrogen-bond acceptors (Lipinski definition) is 3. The first-order chi connectivity index (χ1) is 8.79. The van der Waals surface area contributed by atoms with Crippen molar-refractivity contribution in [3.05, 3.63) is 29.8 Å². The summed E-state index contributed by atoms with van der Waals surface area (Å²) >= 11 is 0. The quantitative estimate of drug-likeness (QED) is 0.840. The minimum atomic E-state index is 0.569. The molecule has 1 aromatic rings. The third kappa shape index (κ3) is 3.72. The van der Waals surface area contributed by atoms with Gasteiger partial charge in [0.2, 0.25) is 0 Å². The van der Waals surface area contributed by atoms with Gasteiger partial charge >= 0.3 is 0 Å². The van der Waals surface area contributed by atoms with Crippen LogP contribution in [0.3, 0.4) is 0 Å². The van der Waals surface area contributed by atoms with Gasteiger partial charge in [-0.1, -0.05) is 25.0 Å². The van der Waals surface area contributed by atoms with Crippen molar-refractivity contribution in [2.75, 3.05) is 20.2 Å². The molecule has 0 heterocycles. The van der Waals surface area contributed by atoms with Gasteiger partial charge in [-0.3, -0.25) is 0 Å². The van der Waals surface area contributed by atoms with E-state index in [1.54, 1.807) is 0 Å². The van der Waals surface area contributed by atoms with Gasteiger partial charge in [-0.05, 0) is 37.6 Å². The second-order valence-corrected chi connectivity index (χ2v) is 5.12. The van der Waals surface area contributed by atoms with E-state index >= 15 is 0 Å². The van der Waals surface area contributed by atoms with Crippen molar-refractivity contribution in [2.45, 2.75) is 38.3 Å². The normalized spacial score (nSPS) is 16.4. The van der Waals surface area contributed by atoms with Crippen molar-refractivity contribution >= 4 is 0 Å². The van der Waals surface area contributed by atoms with Gasteiger partial charge in [-0.25, -0.2) is 0 Å². The fourth-order valence-corrected chi connectivity index (χ4v) is 2.60. The molecule has 100 valence electrons. The average molecular weight is 248 g/mol. The number of nitrogens with two attached hydrogens (primary N) is 1. The van der Waals surface area contributed by atoms with E-state index in [-0.39, 0.29) is 0 Å². The Kier molecular flexibility index (Phi) is 5.02. The van der Waals surface area contributed by atoms with Gasteiger partial charge in [-0.2, -0.15) is 0 Å². The van der Waals surface area contributed by atoms with E-state index in [0.717, 1.165) is 30.5 Å². The largest absolute Gasteiger partial charge is 0.492 e. The second-order valence-electron chi connectivity index (χ2n) is 5.12. The maximum atomic E-state index is 5.78. The Hall–Kier alpha value is -1.06. The SMILES string of the molecule is CN(CCOc1cccc(CN)c1)C1CCCC1. The molecular formula is C15H24N2O. The highest BCUT2D eigenvalue weighted by Crippen LogP contribution is 2.22. The molecule has 0 atom stereocenters. The van der Waals surface area contributed by atoms with Gasteiger partial charge in [-0.15, -0.1) is 0 Å². The maximum Gasteiger partial charge on any atom is 0.119 e. The summed E-state index contributed by atoms with van der Waals surface area (Å²) in [5.41, 5.74) is 6.74. The molecule has 2 N–H and O–H groups in total. The molecule has 0 saturated heterocycles. The van der Waals surface area contributed by atoms with E-state index in [9.17, 15) is 0 Å². The Balaban J connectivity index is 1.73. The van der Waals surface area contributed by atoms with Gasteiger partial charge < -0.3 is 15.4 Å². The number of hydrogen-bond donors (Lipinski definition) is 1. The molecule has 0 amide bonds. The van der Waals surface area contributed by atoms with Crippen molar-refractivity contribution in [3.8, 4) is 5.75 Å². The topological polar surface area (TPSA) is 38.5 Å². The number of nitrogens with zero attached hydrogens (tertiary/aromatic N) is 1. The van der Waals surface area contributed by atoms with Crippen LogP contribution in [0, 0.1) is 0 Å². The Bertz CT molecular complexity index is 361. The summed E-state index contributed by atoms with van der Waals surface area (Å²) in [7, 11) is 2.20. The Morgan fingerprint density at radius 1 is 1.33 bits per heavy atom. The number of rotatable bonds is 6. The van der Waals surface area contributed by atoms with Crippen LogP contribution in [0.4, 0.5) is 0 Å². The average Bonchev–Trinajstić information content (AvgIpc) is 2.93. The summed E-state index contributed by atoms with van der Waals surface area (Å²) in [6, 6.07) is 8.81. The van der Waals surface area contributed by atoms with Gasteiger partial charge in [0.15, 0.2) is 0 Å². The summed E-state index contributed by atoms with van der Waals surface area (Å²) in [4.78, 5) is 2.43. The molecular weight excluding hydrogens is 224 g/mol. The van der Waals surface area contributed by atoms with E-state index in [4.69, 9.17) is 10.5 Å². The van der Waals surface area contributed by atoms with Crippen LogP contribution in [0.5, 0.6) is 5.75 Å². The molecule has 0 aliphatic heterocycles. The predicted octanol–water partition coefficient (Wildman–Crippen LogP) is 2.40. The van der Waals surface area contributed by atoms with E-state index in [2.05, 4.69) is 11.9 Å². The second kappa shape index (κ2) is 6.76. The molecule has 0 bridgehead atoms. The van der Waals surface area contributed by atoms with Crippen LogP contribution in [0.2, 0.25) is 0 Å². The molecule has 0 radical (unpaired) electrons. The lowest BCUT2D eigenvalue weighted by atomic mass is 10.2. The highest BCUT2D eigenvalue weighted by atomic mass is 16.5. The monoisotopic (exact) mass is 248 g/mol. The van der Waals surface area contributed by atoms with Crippen LogP contribution in [-0.4, -0.2) is 31.1 Å². The van der Waals surface area contributed by atoms with Crippen molar-refractivity contribution in [1.82, 2.24) is 4.90 Å². The summed E-state index contributed by atoms with van der Waals surface area (Å²) in [6.45, 7) is 2.32. The molecule has 0 spiro atoms. The molecule has 1 fully saturated rings. The van der Waals surface area contributed by atoms with Crippen LogP contribution in [0.15, 0.2) is 24.3 Å². The van der Waals surface area contributed by atoms with Gasteiger partial charge in [0.1, 0.15) is 12.4 Å². The lowest BCUT2D eigenvalue weighted by molar-refractivity contribution is 0.193. The zero-order valence-electron chi connectivity index (χ0n) is 11.3. The summed E-state index contributed by atoms with van der Waals surface area (Å²) in [5.74, 6) is 0.928. The van der Waals surface area contributed by atoms with E-state index in [0.29, 0.717) is 6.54 Å². The molecule has 1 aliphatic rings. The highest BCUT2D eigenvalue weighted by Gasteiger charge is 2.18. The maximum absolute atomic E-state index is 5.78. The molecule has 0 unspecified atom stereocenters. The minimum absolute atomic E-state index is 0.569. The van der Waals surface area contributed by atoms with E-state index in [1.807, 2.05) is 24.3 Å². The van der Waals surface area contributed by atoms with Gasteiger partial charge in [0, 0.05) is 19.1 Å². The summed E-state index contributed by atoms with van der Waals surface area (Å²) in [6.07, 6.45) is 5.46. The molecule has 1 aliphatic carbocycles. The minimum Gasteiger partial charge on any atom is -0.492 e. The molecule has 3 nitrogen and oxygen atoms in total. The van der Waals surface area contributed by atoms with Gasteiger partial charge in [0.25, 0.3) is 0 Å². The number of likely N-dealkylation sites (N-methyl/N-ethyl adjacent to an activating group) is 1. The zero-order chi connectivity index (χ0) is 12.8. The van der Waals surface area contributed by atoms with Crippen LogP contribution in [0.25, 0.3) is 0 Å². The van der Waals surface area contributed by atoms with Crippen LogP contribution >= 0.6 is 0 Å². The lowest BCUT2D eigenvalue weighted by Crippen LogP contribution is -2.32. The summed E-state index contributed by atoms with van der Waals surface area (Å²) in [5, 5.41) is 0. The first-order valence-corrected chi connectivity index (χ1v) is 6.91. The smallest absolute Gasteiger partial charge is 0.119 e. The fraction of sp³-hybridized carbons (Fsp3) is 0.600. The van der Waals surface area contributed by atoms with E-state index in [1.165, 1.54) is 25.7 Å². The third-order valence-electron chi connectivity index (χ3n) is 3.79. The van der Waals surface area contributed by atoms with Crippen molar-refractivity contribution in [2.24, 2.45) is 5.73 Å². The molecule has 18 heavy (non-hydrogen) atoms. The standard InChI is InChI=1S/C15H24N2O/c1-17(14-6-2-3-7-14)9-10-18-15-8-4-5-13(11-15)12-16/h4-5,8,11,14H,2-3,6-7,9-10,12,16H2,1H3. The molecule has 3 heteroatoms. The Morgan fingerprint density at radius 3 is 2.83 bits per heavy atom. The van der Waals surface area contributed by atoms with Crippen molar-refractivity contribution in [1.29, 1.82) is 0 Å². The fourth-order valence-electron chi connectivity index (χ4n) is 2.60. The molecule has 1 aromatic carbocycles. The van der Waals surface area contributed by atoms with Crippen LogP contribution in [0.1, 0.15) is 31.2 Å². The first kappa shape index (κ1) is 13.4. The van der Waals surface area contributed by atoms with Crippen molar-refractivity contribution in [3.63, 3.8) is 0 Å². The molecule has 1 saturated carbocycles. The zero-order valence-corrected chi connectivity index (χ0v) is 11.3. The Labute approximate surface area is 110 Å². The highest BCUT2D eigenvalue weighted by molar-refractivity contribution is 5.28. The van der Waals surface area contributed by atoms with Crippen molar-refractivity contribution < 1.29 is 4.74 Å². The third-order valence-corrected chi connectivity index (χ3v) is 3.79. The number of benzene rings is 1. The summed E-state index contributed by atoms with van der Waals surface area (Å²) < 4.78 is 5.78. The van der Waals surface area contributed by atoms with E-state index < -0.39 is 0 Å². The first-order valence-electron chi connectivity index (χ1n) is 6.91. The van der Waals surface area contributed by atoms with Gasteiger partial charge in [0.05, 0.1) is 0 Å². The number of ether oxygens (including phenoxy) is 1. The van der Waals surface area contributed by atoms with Crippen LogP contribution < -0.4 is 10.5 Å². The van der Waals surface area contributed by atoms with Crippen LogP contribution in [-0.2, 0) is 6.54 Å². The molecule has 0 aromatic heterocycles. The lowest BCUT2D eigenvalue weighted by Gasteiger charge is -2.23. The molecule has 2 rings (SSSR count). The Morgan fingerprint density at radius 2 is 2.11 bits per heavy atom.